The van der Waals surface area contributed by atoms with Gasteiger partial charge in [0.25, 0.3) is 0 Å². The topological polar surface area (TPSA) is 58.6 Å². The van der Waals surface area contributed by atoms with E-state index in [1.54, 1.807) is 13.2 Å². The lowest BCUT2D eigenvalue weighted by atomic mass is 10.0. The van der Waals surface area contributed by atoms with Crippen LogP contribution in [0.3, 0.4) is 0 Å². The number of aliphatic hydroxyl groups excluding tert-OH is 1. The number of amides is 1. The molecule has 4 nitrogen and oxygen atoms in total. The predicted octanol–water partition coefficient (Wildman–Crippen LogP) is 3.34. The number of ether oxygens (including phenoxy) is 1. The van der Waals surface area contributed by atoms with Gasteiger partial charge in [-0.05, 0) is 42.2 Å². The molecule has 0 aliphatic rings. The minimum absolute atomic E-state index is 0.0149. The lowest BCUT2D eigenvalue weighted by Gasteiger charge is -2.17. The summed E-state index contributed by atoms with van der Waals surface area (Å²) in [6.07, 6.45) is 2.06. The van der Waals surface area contributed by atoms with E-state index in [4.69, 9.17) is 4.74 Å². The summed E-state index contributed by atoms with van der Waals surface area (Å²) < 4.78 is 5.14. The Labute approximate surface area is 142 Å². The molecule has 0 bridgehead atoms. The Kier molecular flexibility index (Phi) is 6.58. The molecule has 1 amide bonds. The molecule has 2 aromatic carbocycles. The van der Waals surface area contributed by atoms with Gasteiger partial charge in [0.15, 0.2) is 0 Å². The predicted molar refractivity (Wildman–Crippen MR) is 95.7 cm³/mol. The molecule has 0 heterocycles. The molecule has 0 fully saturated rings. The van der Waals surface area contributed by atoms with Gasteiger partial charge >= 0.3 is 0 Å². The molecular weight excluding hydrogens is 302 g/mol. The quantitative estimate of drug-likeness (QED) is 0.768. The monoisotopic (exact) mass is 325 g/mol. The van der Waals surface area contributed by atoms with Crippen LogP contribution in [0.4, 0.5) is 0 Å². The van der Waals surface area contributed by atoms with Gasteiger partial charge < -0.3 is 15.2 Å². The van der Waals surface area contributed by atoms with Crippen LogP contribution in [-0.2, 0) is 4.79 Å². The fourth-order valence-corrected chi connectivity index (χ4v) is 2.48. The SMILES string of the molecule is COc1ccc(/C(C)=C/C(=O)NC(CCO)c2ccccc2)cc1. The van der Waals surface area contributed by atoms with Gasteiger partial charge in [0.1, 0.15) is 5.75 Å². The number of allylic oxidation sites excluding steroid dienone is 1. The highest BCUT2D eigenvalue weighted by Gasteiger charge is 2.13. The first-order valence-corrected chi connectivity index (χ1v) is 7.93. The molecule has 0 aliphatic heterocycles. The summed E-state index contributed by atoms with van der Waals surface area (Å²) in [6, 6.07) is 17.0. The molecule has 0 saturated heterocycles. The second-order valence-electron chi connectivity index (χ2n) is 5.54. The van der Waals surface area contributed by atoms with Gasteiger partial charge in [0.05, 0.1) is 13.2 Å². The number of aliphatic hydroxyl groups is 1. The van der Waals surface area contributed by atoms with Crippen LogP contribution >= 0.6 is 0 Å². The molecule has 0 radical (unpaired) electrons. The van der Waals surface area contributed by atoms with E-state index >= 15 is 0 Å². The number of nitrogens with one attached hydrogen (secondary N) is 1. The molecule has 0 saturated carbocycles. The first-order valence-electron chi connectivity index (χ1n) is 7.93. The molecule has 1 atom stereocenters. The summed E-state index contributed by atoms with van der Waals surface area (Å²) in [6.45, 7) is 1.91. The van der Waals surface area contributed by atoms with Crippen LogP contribution in [0.1, 0.15) is 30.5 Å². The molecule has 0 spiro atoms. The lowest BCUT2D eigenvalue weighted by molar-refractivity contribution is -0.117. The normalized spacial score (nSPS) is 12.5. The van der Waals surface area contributed by atoms with Crippen molar-refractivity contribution in [1.29, 1.82) is 0 Å². The van der Waals surface area contributed by atoms with Crippen molar-refractivity contribution in [1.82, 2.24) is 5.32 Å². The summed E-state index contributed by atoms with van der Waals surface area (Å²) in [5, 5.41) is 12.2. The number of carbonyl (C=O) groups excluding carboxylic acids is 1. The van der Waals surface area contributed by atoms with E-state index in [9.17, 15) is 9.90 Å². The van der Waals surface area contributed by atoms with E-state index in [1.165, 1.54) is 0 Å². The average Bonchev–Trinajstić information content (AvgIpc) is 2.62. The standard InChI is InChI=1S/C20H23NO3/c1-15(16-8-10-18(24-2)11-9-16)14-20(23)21-19(12-13-22)17-6-4-3-5-7-17/h3-11,14,19,22H,12-13H2,1-2H3,(H,21,23)/b15-14+. The first kappa shape index (κ1) is 17.8. The summed E-state index contributed by atoms with van der Waals surface area (Å²) >= 11 is 0. The largest absolute Gasteiger partial charge is 0.497 e. The second kappa shape index (κ2) is 8.89. The van der Waals surface area contributed by atoms with Crippen LogP contribution in [-0.4, -0.2) is 24.7 Å². The number of rotatable bonds is 7. The van der Waals surface area contributed by atoms with Crippen LogP contribution in [0.5, 0.6) is 5.75 Å². The van der Waals surface area contributed by atoms with E-state index in [0.29, 0.717) is 6.42 Å². The molecule has 0 aromatic heterocycles. The third kappa shape index (κ3) is 4.96. The molecule has 2 rings (SSSR count). The number of methoxy groups -OCH3 is 1. The van der Waals surface area contributed by atoms with Gasteiger partial charge in [-0.2, -0.15) is 0 Å². The van der Waals surface area contributed by atoms with E-state index in [2.05, 4.69) is 5.32 Å². The molecule has 24 heavy (non-hydrogen) atoms. The van der Waals surface area contributed by atoms with E-state index in [1.807, 2.05) is 61.5 Å². The van der Waals surface area contributed by atoms with E-state index in [-0.39, 0.29) is 18.6 Å². The number of hydrogen-bond acceptors (Lipinski definition) is 3. The van der Waals surface area contributed by atoms with Crippen LogP contribution < -0.4 is 10.1 Å². The average molecular weight is 325 g/mol. The van der Waals surface area contributed by atoms with Gasteiger partial charge in [0, 0.05) is 12.7 Å². The van der Waals surface area contributed by atoms with Crippen molar-refractivity contribution in [2.75, 3.05) is 13.7 Å². The minimum atomic E-state index is -0.205. The Morgan fingerprint density at radius 2 is 1.83 bits per heavy atom. The summed E-state index contributed by atoms with van der Waals surface area (Å²) in [7, 11) is 1.62. The zero-order chi connectivity index (χ0) is 17.4. The molecular formula is C20H23NO3. The fourth-order valence-electron chi connectivity index (χ4n) is 2.48. The van der Waals surface area contributed by atoms with Gasteiger partial charge in [-0.25, -0.2) is 0 Å². The summed E-state index contributed by atoms with van der Waals surface area (Å²) in [5.74, 6) is 0.605. The number of carbonyl (C=O) groups is 1. The molecule has 4 heteroatoms. The highest BCUT2D eigenvalue weighted by atomic mass is 16.5. The van der Waals surface area contributed by atoms with Crippen molar-refractivity contribution < 1.29 is 14.6 Å². The Bertz CT molecular complexity index is 678. The highest BCUT2D eigenvalue weighted by Crippen LogP contribution is 2.19. The van der Waals surface area contributed by atoms with Gasteiger partial charge in [-0.3, -0.25) is 4.79 Å². The van der Waals surface area contributed by atoms with Crippen LogP contribution in [0, 0.1) is 0 Å². The van der Waals surface area contributed by atoms with Crippen molar-refractivity contribution in [2.24, 2.45) is 0 Å². The highest BCUT2D eigenvalue weighted by molar-refractivity contribution is 5.95. The zero-order valence-electron chi connectivity index (χ0n) is 14.0. The van der Waals surface area contributed by atoms with Gasteiger partial charge in [-0.15, -0.1) is 0 Å². The minimum Gasteiger partial charge on any atom is -0.497 e. The molecule has 2 N–H and O–H groups in total. The van der Waals surface area contributed by atoms with Crippen molar-refractivity contribution in [2.45, 2.75) is 19.4 Å². The maximum absolute atomic E-state index is 12.3. The molecule has 1 unspecified atom stereocenters. The lowest BCUT2D eigenvalue weighted by Crippen LogP contribution is -2.27. The maximum Gasteiger partial charge on any atom is 0.244 e. The zero-order valence-corrected chi connectivity index (χ0v) is 14.0. The van der Waals surface area contributed by atoms with Crippen molar-refractivity contribution in [3.05, 3.63) is 71.8 Å². The molecule has 0 aliphatic carbocycles. The van der Waals surface area contributed by atoms with Crippen molar-refractivity contribution in [3.8, 4) is 5.75 Å². The second-order valence-corrected chi connectivity index (χ2v) is 5.54. The van der Waals surface area contributed by atoms with Crippen molar-refractivity contribution >= 4 is 11.5 Å². The summed E-state index contributed by atoms with van der Waals surface area (Å²) in [4.78, 5) is 12.3. The number of benzene rings is 2. The fraction of sp³-hybridized carbons (Fsp3) is 0.250. The van der Waals surface area contributed by atoms with Gasteiger partial charge in [-0.1, -0.05) is 42.5 Å². The van der Waals surface area contributed by atoms with Crippen molar-refractivity contribution in [3.63, 3.8) is 0 Å². The number of hydrogen-bond donors (Lipinski definition) is 2. The van der Waals surface area contributed by atoms with E-state index in [0.717, 1.165) is 22.4 Å². The van der Waals surface area contributed by atoms with Crippen LogP contribution in [0.15, 0.2) is 60.7 Å². The Balaban J connectivity index is 2.08. The molecule has 2 aromatic rings. The van der Waals surface area contributed by atoms with Crippen LogP contribution in [0.2, 0.25) is 0 Å². The first-order chi connectivity index (χ1) is 11.6. The molecule has 126 valence electrons. The Morgan fingerprint density at radius 3 is 2.42 bits per heavy atom. The summed E-state index contributed by atoms with van der Waals surface area (Å²) in [5.41, 5.74) is 2.81. The van der Waals surface area contributed by atoms with Gasteiger partial charge in [0.2, 0.25) is 5.91 Å². The Hall–Kier alpha value is -2.59. The van der Waals surface area contributed by atoms with Crippen LogP contribution in [0.25, 0.3) is 5.57 Å². The Morgan fingerprint density at radius 1 is 1.17 bits per heavy atom. The maximum atomic E-state index is 12.3. The third-order valence-corrected chi connectivity index (χ3v) is 3.83. The third-order valence-electron chi connectivity index (χ3n) is 3.83. The smallest absolute Gasteiger partial charge is 0.244 e. The van der Waals surface area contributed by atoms with E-state index < -0.39 is 0 Å².